The first-order chi connectivity index (χ1) is 8.61. The molecular weight excluding hydrogens is 220 g/mol. The fraction of sp³-hybridized carbons (Fsp3) is 0.529. The molecule has 1 nitrogen and oxygen atoms in total. The van der Waals surface area contributed by atoms with E-state index in [1.165, 1.54) is 30.4 Å². The topological polar surface area (TPSA) is 9.23 Å². The summed E-state index contributed by atoms with van der Waals surface area (Å²) in [6, 6.07) is 8.78. The van der Waals surface area contributed by atoms with Crippen LogP contribution in [0.5, 0.6) is 0 Å². The van der Waals surface area contributed by atoms with Crippen LogP contribution in [0.25, 0.3) is 0 Å². The van der Waals surface area contributed by atoms with Gasteiger partial charge in [0.1, 0.15) is 0 Å². The molecule has 0 spiro atoms. The van der Waals surface area contributed by atoms with Crippen LogP contribution in [0, 0.1) is 18.8 Å². The minimum Gasteiger partial charge on any atom is -0.501 e. The number of hydrogen-bond acceptors (Lipinski definition) is 1. The average Bonchev–Trinajstić information content (AvgIpc) is 2.37. The Bertz CT molecular complexity index is 421. The molecule has 0 aliphatic heterocycles. The SMILES string of the molecule is C=C(OC)C1CC(c2ccccc2C)C[C@H](C)C1. The van der Waals surface area contributed by atoms with E-state index in [0.29, 0.717) is 11.8 Å². The third-order valence-corrected chi connectivity index (χ3v) is 4.29. The Hall–Kier alpha value is -1.24. The van der Waals surface area contributed by atoms with Gasteiger partial charge in [-0.2, -0.15) is 0 Å². The highest BCUT2D eigenvalue weighted by atomic mass is 16.5. The zero-order valence-electron chi connectivity index (χ0n) is 11.8. The van der Waals surface area contributed by atoms with Crippen molar-refractivity contribution >= 4 is 0 Å². The number of methoxy groups -OCH3 is 1. The predicted octanol–water partition coefficient (Wildman–Crippen LogP) is 4.67. The van der Waals surface area contributed by atoms with Crippen LogP contribution in [0.15, 0.2) is 36.6 Å². The Morgan fingerprint density at radius 2 is 1.94 bits per heavy atom. The normalized spacial score (nSPS) is 27.8. The minimum absolute atomic E-state index is 0.517. The van der Waals surface area contributed by atoms with Gasteiger partial charge in [-0.1, -0.05) is 37.8 Å². The second-order valence-electron chi connectivity index (χ2n) is 5.73. The molecular formula is C17H24O. The van der Waals surface area contributed by atoms with Crippen molar-refractivity contribution in [2.24, 2.45) is 11.8 Å². The molecule has 1 aromatic carbocycles. The molecule has 1 aromatic rings. The summed E-state index contributed by atoms with van der Waals surface area (Å²) < 4.78 is 5.36. The van der Waals surface area contributed by atoms with Gasteiger partial charge < -0.3 is 4.74 Å². The fourth-order valence-corrected chi connectivity index (χ4v) is 3.33. The molecule has 1 aliphatic rings. The van der Waals surface area contributed by atoms with Gasteiger partial charge in [-0.05, 0) is 49.1 Å². The molecule has 18 heavy (non-hydrogen) atoms. The van der Waals surface area contributed by atoms with Crippen molar-refractivity contribution in [3.63, 3.8) is 0 Å². The van der Waals surface area contributed by atoms with E-state index in [1.807, 2.05) is 0 Å². The van der Waals surface area contributed by atoms with Gasteiger partial charge in [-0.25, -0.2) is 0 Å². The summed E-state index contributed by atoms with van der Waals surface area (Å²) in [6.45, 7) is 8.62. The number of hydrogen-bond donors (Lipinski definition) is 0. The van der Waals surface area contributed by atoms with Gasteiger partial charge in [0.05, 0.1) is 12.9 Å². The van der Waals surface area contributed by atoms with Crippen LogP contribution in [0.4, 0.5) is 0 Å². The molecule has 2 unspecified atom stereocenters. The second-order valence-corrected chi connectivity index (χ2v) is 5.73. The van der Waals surface area contributed by atoms with Gasteiger partial charge in [0.2, 0.25) is 0 Å². The summed E-state index contributed by atoms with van der Waals surface area (Å²) in [5.41, 5.74) is 2.93. The predicted molar refractivity (Wildman–Crippen MR) is 76.6 cm³/mol. The molecule has 0 N–H and O–H groups in total. The molecule has 1 fully saturated rings. The molecule has 0 radical (unpaired) electrons. The lowest BCUT2D eigenvalue weighted by Crippen LogP contribution is -2.22. The highest BCUT2D eigenvalue weighted by Gasteiger charge is 2.30. The standard InChI is InChI=1S/C17H24O/c1-12-9-15(14(3)18-4)11-16(10-12)17-8-6-5-7-13(17)2/h5-8,12,15-16H,3,9-11H2,1-2,4H3/t12-,15?,16?/m1/s1. The molecule has 2 rings (SSSR count). The fourth-order valence-electron chi connectivity index (χ4n) is 3.33. The van der Waals surface area contributed by atoms with Gasteiger partial charge >= 0.3 is 0 Å². The second kappa shape index (κ2) is 5.60. The maximum Gasteiger partial charge on any atom is 0.0915 e. The molecule has 0 heterocycles. The summed E-state index contributed by atoms with van der Waals surface area (Å²) >= 11 is 0. The molecule has 0 saturated heterocycles. The van der Waals surface area contributed by atoms with Crippen molar-refractivity contribution in [3.8, 4) is 0 Å². The lowest BCUT2D eigenvalue weighted by atomic mass is 9.72. The smallest absolute Gasteiger partial charge is 0.0915 e. The van der Waals surface area contributed by atoms with Crippen LogP contribution in [-0.2, 0) is 4.74 Å². The molecule has 0 amide bonds. The first-order valence-corrected chi connectivity index (χ1v) is 6.90. The summed E-state index contributed by atoms with van der Waals surface area (Å²) in [4.78, 5) is 0. The number of allylic oxidation sites excluding steroid dienone is 1. The van der Waals surface area contributed by atoms with Crippen LogP contribution in [0.1, 0.15) is 43.2 Å². The van der Waals surface area contributed by atoms with Crippen LogP contribution >= 0.6 is 0 Å². The zero-order valence-corrected chi connectivity index (χ0v) is 11.8. The molecule has 1 aliphatic carbocycles. The van der Waals surface area contributed by atoms with E-state index in [1.54, 1.807) is 7.11 Å². The van der Waals surface area contributed by atoms with Crippen molar-refractivity contribution in [3.05, 3.63) is 47.7 Å². The quantitative estimate of drug-likeness (QED) is 0.702. The molecule has 0 bridgehead atoms. The molecule has 1 heteroatoms. The number of benzene rings is 1. The lowest BCUT2D eigenvalue weighted by molar-refractivity contribution is 0.182. The summed E-state index contributed by atoms with van der Waals surface area (Å²) in [7, 11) is 1.74. The van der Waals surface area contributed by atoms with Gasteiger partial charge in [0, 0.05) is 5.92 Å². The van der Waals surface area contributed by atoms with Gasteiger partial charge in [-0.3, -0.25) is 0 Å². The largest absolute Gasteiger partial charge is 0.501 e. The van der Waals surface area contributed by atoms with E-state index in [4.69, 9.17) is 4.74 Å². The monoisotopic (exact) mass is 244 g/mol. The van der Waals surface area contributed by atoms with Gasteiger partial charge in [-0.15, -0.1) is 0 Å². The molecule has 98 valence electrons. The van der Waals surface area contributed by atoms with Crippen molar-refractivity contribution in [1.82, 2.24) is 0 Å². The maximum absolute atomic E-state index is 5.36. The Morgan fingerprint density at radius 3 is 2.61 bits per heavy atom. The van der Waals surface area contributed by atoms with Crippen LogP contribution in [0.2, 0.25) is 0 Å². The van der Waals surface area contributed by atoms with Gasteiger partial charge in [0.15, 0.2) is 0 Å². The highest BCUT2D eigenvalue weighted by molar-refractivity contribution is 5.30. The highest BCUT2D eigenvalue weighted by Crippen LogP contribution is 2.42. The van der Waals surface area contributed by atoms with E-state index < -0.39 is 0 Å². The van der Waals surface area contributed by atoms with Crippen molar-refractivity contribution in [2.75, 3.05) is 7.11 Å². The Morgan fingerprint density at radius 1 is 1.22 bits per heavy atom. The Balaban J connectivity index is 2.19. The minimum atomic E-state index is 0.517. The number of rotatable bonds is 3. The molecule has 1 saturated carbocycles. The van der Waals surface area contributed by atoms with Crippen molar-refractivity contribution in [1.29, 1.82) is 0 Å². The summed E-state index contributed by atoms with van der Waals surface area (Å²) in [5, 5.41) is 0. The van der Waals surface area contributed by atoms with E-state index >= 15 is 0 Å². The summed E-state index contributed by atoms with van der Waals surface area (Å²) in [6.07, 6.45) is 3.69. The molecule has 0 aromatic heterocycles. The Kier molecular flexibility index (Phi) is 4.11. The van der Waals surface area contributed by atoms with Crippen LogP contribution < -0.4 is 0 Å². The van der Waals surface area contributed by atoms with Crippen LogP contribution in [0.3, 0.4) is 0 Å². The third kappa shape index (κ3) is 2.77. The number of aryl methyl sites for hydroxylation is 1. The lowest BCUT2D eigenvalue weighted by Gasteiger charge is -2.34. The Labute approximate surface area is 111 Å². The van der Waals surface area contributed by atoms with Crippen LogP contribution in [-0.4, -0.2) is 7.11 Å². The van der Waals surface area contributed by atoms with E-state index in [2.05, 4.69) is 44.7 Å². The number of ether oxygens (including phenoxy) is 1. The summed E-state index contributed by atoms with van der Waals surface area (Å²) in [5.74, 6) is 2.88. The third-order valence-electron chi connectivity index (χ3n) is 4.29. The van der Waals surface area contributed by atoms with Crippen molar-refractivity contribution in [2.45, 2.75) is 39.0 Å². The van der Waals surface area contributed by atoms with Crippen molar-refractivity contribution < 1.29 is 4.74 Å². The first-order valence-electron chi connectivity index (χ1n) is 6.90. The van der Waals surface area contributed by atoms with E-state index in [9.17, 15) is 0 Å². The molecule has 3 atom stereocenters. The maximum atomic E-state index is 5.36. The van der Waals surface area contributed by atoms with E-state index in [0.717, 1.165) is 11.7 Å². The zero-order chi connectivity index (χ0) is 13.1. The first kappa shape index (κ1) is 13.2. The van der Waals surface area contributed by atoms with E-state index in [-0.39, 0.29) is 0 Å². The average molecular weight is 244 g/mol. The van der Waals surface area contributed by atoms with Gasteiger partial charge in [0.25, 0.3) is 0 Å².